The number of hydrogen-bond donors (Lipinski definition) is 0. The molecule has 7 nitrogen and oxygen atoms in total. The maximum atomic E-state index is 13.3. The van der Waals surface area contributed by atoms with Gasteiger partial charge in [0.25, 0.3) is 0 Å². The first-order chi connectivity index (χ1) is 19.1. The van der Waals surface area contributed by atoms with Crippen molar-refractivity contribution in [3.63, 3.8) is 0 Å². The number of halogens is 1. The molecule has 0 heterocycles. The van der Waals surface area contributed by atoms with E-state index in [1.54, 1.807) is 24.3 Å². The van der Waals surface area contributed by atoms with Crippen molar-refractivity contribution < 1.29 is 27.1 Å². The van der Waals surface area contributed by atoms with E-state index in [0.29, 0.717) is 10.7 Å². The van der Waals surface area contributed by atoms with Crippen LogP contribution in [0, 0.1) is 0 Å². The summed E-state index contributed by atoms with van der Waals surface area (Å²) in [6, 6.07) is 26.9. The van der Waals surface area contributed by atoms with Crippen molar-refractivity contribution in [2.45, 2.75) is 63.6 Å². The molecule has 1 atom stereocenters. The van der Waals surface area contributed by atoms with Crippen LogP contribution >= 0.6 is 15.9 Å². The zero-order valence-corrected chi connectivity index (χ0v) is 26.9. The largest absolute Gasteiger partial charge is 0.487 e. The standard InChI is InChI=1S/C30H38BrNO6SSi/c1-5-40(6-2,7-3)38-29(31)21-26-18-19-28(36-22-24-14-10-8-11-15-24)27(20-26)32(39(4,34)35)30(33)37-23-25-16-12-9-13-17-25/h8-20,29H,5-7,21-23H2,1-4H3. The topological polar surface area (TPSA) is 82.1 Å². The van der Waals surface area contributed by atoms with Gasteiger partial charge in [-0.15, -0.1) is 0 Å². The molecule has 0 aromatic heterocycles. The van der Waals surface area contributed by atoms with Gasteiger partial charge in [0.15, 0.2) is 8.32 Å². The van der Waals surface area contributed by atoms with Gasteiger partial charge in [0.05, 0.1) is 6.26 Å². The minimum Gasteiger partial charge on any atom is -0.487 e. The Labute approximate surface area is 247 Å². The SMILES string of the molecule is CC[Si](CC)(CC)OC(Br)Cc1ccc(OCc2ccccc2)c(N(C(=O)OCc2ccccc2)S(C)(=O)=O)c1. The molecule has 0 saturated carbocycles. The number of ether oxygens (including phenoxy) is 2. The zero-order chi connectivity index (χ0) is 29.2. The minimum absolute atomic E-state index is 0.0688. The second-order valence-corrected chi connectivity index (χ2v) is 17.2. The number of benzene rings is 3. The highest BCUT2D eigenvalue weighted by Crippen LogP contribution is 2.34. The first-order valence-corrected chi connectivity index (χ1v) is 18.7. The maximum Gasteiger partial charge on any atom is 0.428 e. The van der Waals surface area contributed by atoms with E-state index in [0.717, 1.165) is 41.1 Å². The van der Waals surface area contributed by atoms with Crippen molar-refractivity contribution >= 4 is 46.1 Å². The van der Waals surface area contributed by atoms with Crippen LogP contribution < -0.4 is 9.04 Å². The Balaban J connectivity index is 1.94. The van der Waals surface area contributed by atoms with Gasteiger partial charge in [-0.2, -0.15) is 4.31 Å². The average Bonchev–Trinajstić information content (AvgIpc) is 2.95. The van der Waals surface area contributed by atoms with Gasteiger partial charge in [-0.25, -0.2) is 13.2 Å². The van der Waals surface area contributed by atoms with Crippen LogP contribution in [0.3, 0.4) is 0 Å². The van der Waals surface area contributed by atoms with Crippen LogP contribution in [-0.2, 0) is 38.8 Å². The smallest absolute Gasteiger partial charge is 0.428 e. The molecule has 3 aromatic rings. The maximum absolute atomic E-state index is 13.3. The van der Waals surface area contributed by atoms with Gasteiger partial charge in [-0.1, -0.05) is 103 Å². The Kier molecular flexibility index (Phi) is 11.8. The fraction of sp³-hybridized carbons (Fsp3) is 0.367. The Morgan fingerprint density at radius 1 is 0.850 bits per heavy atom. The number of alkyl halides is 1. The third kappa shape index (κ3) is 8.92. The molecule has 0 aliphatic carbocycles. The van der Waals surface area contributed by atoms with Crippen LogP contribution in [0.4, 0.5) is 10.5 Å². The third-order valence-corrected chi connectivity index (χ3v) is 13.4. The number of hydrogen-bond acceptors (Lipinski definition) is 6. The minimum atomic E-state index is -4.07. The second-order valence-electron chi connectivity index (χ2n) is 9.62. The summed E-state index contributed by atoms with van der Waals surface area (Å²) in [6.07, 6.45) is 0.455. The fourth-order valence-corrected chi connectivity index (χ4v) is 9.41. The average molecular weight is 649 g/mol. The lowest BCUT2D eigenvalue weighted by Crippen LogP contribution is -2.39. The molecule has 0 spiro atoms. The Bertz CT molecular complexity index is 1330. The van der Waals surface area contributed by atoms with Gasteiger partial charge in [0.1, 0.15) is 29.7 Å². The monoisotopic (exact) mass is 647 g/mol. The van der Waals surface area contributed by atoms with Crippen LogP contribution in [0.25, 0.3) is 0 Å². The Morgan fingerprint density at radius 3 is 1.93 bits per heavy atom. The van der Waals surface area contributed by atoms with Crippen molar-refractivity contribution in [1.82, 2.24) is 0 Å². The summed E-state index contributed by atoms with van der Waals surface area (Å²) in [6.45, 7) is 6.63. The summed E-state index contributed by atoms with van der Waals surface area (Å²) in [5.41, 5.74) is 2.54. The predicted molar refractivity (Wildman–Crippen MR) is 166 cm³/mol. The van der Waals surface area contributed by atoms with Crippen LogP contribution in [0.5, 0.6) is 5.75 Å². The molecule has 10 heteroatoms. The summed E-state index contributed by atoms with van der Waals surface area (Å²) in [4.78, 5) is 13.3. The van der Waals surface area contributed by atoms with E-state index in [1.807, 2.05) is 54.6 Å². The molecule has 0 saturated heterocycles. The van der Waals surface area contributed by atoms with Gasteiger partial charge < -0.3 is 13.9 Å². The van der Waals surface area contributed by atoms with Gasteiger partial charge in [0.2, 0.25) is 10.0 Å². The number of sulfonamides is 1. The van der Waals surface area contributed by atoms with Crippen molar-refractivity contribution in [2.75, 3.05) is 10.6 Å². The van der Waals surface area contributed by atoms with Crippen LogP contribution in [-0.4, -0.2) is 34.1 Å². The van der Waals surface area contributed by atoms with Gasteiger partial charge in [-0.05, 0) is 47.0 Å². The van der Waals surface area contributed by atoms with E-state index in [9.17, 15) is 13.2 Å². The summed E-state index contributed by atoms with van der Waals surface area (Å²) in [7, 11) is -5.94. The molecule has 0 fully saturated rings. The first-order valence-electron chi connectivity index (χ1n) is 13.4. The molecule has 3 aromatic carbocycles. The lowest BCUT2D eigenvalue weighted by atomic mass is 10.1. The zero-order valence-electron chi connectivity index (χ0n) is 23.5. The Morgan fingerprint density at radius 2 is 1.40 bits per heavy atom. The Hall–Kier alpha value is -2.66. The fourth-order valence-electron chi connectivity index (χ4n) is 4.39. The van der Waals surface area contributed by atoms with E-state index in [2.05, 4.69) is 36.7 Å². The second kappa shape index (κ2) is 14.8. The highest BCUT2D eigenvalue weighted by atomic mass is 79.9. The quantitative estimate of drug-likeness (QED) is 0.132. The van der Waals surface area contributed by atoms with Crippen molar-refractivity contribution in [3.8, 4) is 5.75 Å². The first kappa shape index (κ1) is 31.9. The number of amides is 1. The summed E-state index contributed by atoms with van der Waals surface area (Å²) >= 11 is 3.69. The van der Waals surface area contributed by atoms with E-state index >= 15 is 0 Å². The molecule has 216 valence electrons. The number of carbonyl (C=O) groups is 1. The molecule has 0 radical (unpaired) electrons. The summed E-state index contributed by atoms with van der Waals surface area (Å²) in [5.74, 6) is 0.251. The molecule has 0 bridgehead atoms. The number of carbonyl (C=O) groups excluding carboxylic acids is 1. The van der Waals surface area contributed by atoms with E-state index < -0.39 is 24.4 Å². The van der Waals surface area contributed by atoms with Crippen LogP contribution in [0.15, 0.2) is 78.9 Å². The highest BCUT2D eigenvalue weighted by Gasteiger charge is 2.33. The van der Waals surface area contributed by atoms with E-state index in [-0.39, 0.29) is 29.7 Å². The predicted octanol–water partition coefficient (Wildman–Crippen LogP) is 7.65. The lowest BCUT2D eigenvalue weighted by Gasteiger charge is -2.31. The van der Waals surface area contributed by atoms with Crippen LogP contribution in [0.2, 0.25) is 18.1 Å². The molecular weight excluding hydrogens is 610 g/mol. The molecular formula is C30H38BrNO6SSi. The molecule has 1 unspecified atom stereocenters. The number of rotatable bonds is 14. The summed E-state index contributed by atoms with van der Waals surface area (Å²) in [5, 5.41) is -0.250. The molecule has 40 heavy (non-hydrogen) atoms. The number of anilines is 1. The van der Waals surface area contributed by atoms with Crippen molar-refractivity contribution in [1.29, 1.82) is 0 Å². The van der Waals surface area contributed by atoms with Gasteiger partial charge in [-0.3, -0.25) is 0 Å². The molecule has 3 rings (SSSR count). The van der Waals surface area contributed by atoms with Crippen molar-refractivity contribution in [2.24, 2.45) is 0 Å². The summed E-state index contributed by atoms with van der Waals surface area (Å²) < 4.78 is 44.7. The van der Waals surface area contributed by atoms with Crippen molar-refractivity contribution in [3.05, 3.63) is 95.6 Å². The number of nitrogens with zero attached hydrogens (tertiary/aromatic N) is 1. The van der Waals surface area contributed by atoms with Gasteiger partial charge >= 0.3 is 6.09 Å². The van der Waals surface area contributed by atoms with E-state index in [4.69, 9.17) is 13.9 Å². The molecule has 1 amide bonds. The molecule has 0 aliphatic heterocycles. The normalized spacial score (nSPS) is 12.5. The van der Waals surface area contributed by atoms with E-state index in [1.165, 1.54) is 0 Å². The lowest BCUT2D eigenvalue weighted by molar-refractivity contribution is 0.151. The molecule has 0 N–H and O–H groups in total. The van der Waals surface area contributed by atoms with Crippen LogP contribution in [0.1, 0.15) is 37.5 Å². The van der Waals surface area contributed by atoms with Gasteiger partial charge in [0, 0.05) is 6.42 Å². The highest BCUT2D eigenvalue weighted by molar-refractivity contribution is 9.09. The third-order valence-electron chi connectivity index (χ3n) is 6.89. The molecule has 0 aliphatic rings.